The first-order chi connectivity index (χ1) is 11.1. The van der Waals surface area contributed by atoms with Crippen molar-refractivity contribution >= 4 is 34.7 Å². The Labute approximate surface area is 138 Å². The summed E-state index contributed by atoms with van der Waals surface area (Å²) in [5.74, 6) is -0.0602. The van der Waals surface area contributed by atoms with E-state index in [2.05, 4.69) is 10.3 Å². The summed E-state index contributed by atoms with van der Waals surface area (Å²) < 4.78 is 6.63. The minimum atomic E-state index is -1.12. The minimum absolute atomic E-state index is 0.0178. The number of thioether (sulfide) groups is 1. The van der Waals surface area contributed by atoms with E-state index >= 15 is 0 Å². The summed E-state index contributed by atoms with van der Waals surface area (Å²) in [6, 6.07) is 6.49. The van der Waals surface area contributed by atoms with Crippen LogP contribution in [0.15, 0.2) is 24.3 Å². The topological polar surface area (TPSA) is 93.5 Å². The molecule has 0 saturated carbocycles. The van der Waals surface area contributed by atoms with Crippen LogP contribution in [0.2, 0.25) is 0 Å². The van der Waals surface area contributed by atoms with Crippen LogP contribution in [0.3, 0.4) is 0 Å². The number of aromatic nitrogens is 2. The normalized spacial score (nSPS) is 12.3. The summed E-state index contributed by atoms with van der Waals surface area (Å²) in [4.78, 5) is 27.8. The molecule has 0 radical (unpaired) electrons. The fourth-order valence-corrected chi connectivity index (χ4v) is 2.74. The molecule has 2 aromatic rings. The Morgan fingerprint density at radius 1 is 1.43 bits per heavy atom. The molecule has 2 rings (SSSR count). The van der Waals surface area contributed by atoms with Crippen LogP contribution in [0.5, 0.6) is 0 Å². The van der Waals surface area contributed by atoms with Gasteiger partial charge in [0.05, 0.1) is 23.4 Å². The molecule has 124 valence electrons. The van der Waals surface area contributed by atoms with Crippen LogP contribution >= 0.6 is 11.8 Å². The van der Waals surface area contributed by atoms with E-state index in [1.165, 1.54) is 7.11 Å². The third kappa shape index (κ3) is 4.23. The molecular weight excluding hydrogens is 318 g/mol. The van der Waals surface area contributed by atoms with Crippen molar-refractivity contribution in [3.05, 3.63) is 30.1 Å². The second kappa shape index (κ2) is 7.98. The molecule has 1 unspecified atom stereocenters. The number of methoxy groups -OCH3 is 1. The number of nitrogens with zero attached hydrogens (tertiary/aromatic N) is 2. The van der Waals surface area contributed by atoms with Gasteiger partial charge in [-0.1, -0.05) is 12.1 Å². The van der Waals surface area contributed by atoms with Crippen LogP contribution in [0.1, 0.15) is 5.82 Å². The van der Waals surface area contributed by atoms with Gasteiger partial charge in [-0.25, -0.2) is 9.78 Å². The van der Waals surface area contributed by atoms with E-state index < -0.39 is 12.0 Å². The van der Waals surface area contributed by atoms with E-state index in [9.17, 15) is 9.59 Å². The number of benzene rings is 1. The second-order valence-corrected chi connectivity index (χ2v) is 5.82. The van der Waals surface area contributed by atoms with Gasteiger partial charge in [0.25, 0.3) is 0 Å². The predicted octanol–water partition coefficient (Wildman–Crippen LogP) is 1.12. The van der Waals surface area contributed by atoms with Gasteiger partial charge < -0.3 is 19.7 Å². The fraction of sp³-hybridized carbons (Fsp3) is 0.400. The zero-order valence-electron chi connectivity index (χ0n) is 13.0. The molecule has 0 aliphatic heterocycles. The number of hydrogen-bond acceptors (Lipinski definition) is 5. The quantitative estimate of drug-likeness (QED) is 0.750. The van der Waals surface area contributed by atoms with Gasteiger partial charge in [-0.3, -0.25) is 4.79 Å². The molecule has 0 aliphatic carbocycles. The van der Waals surface area contributed by atoms with Gasteiger partial charge in [-0.15, -0.1) is 0 Å². The molecule has 23 heavy (non-hydrogen) atoms. The van der Waals surface area contributed by atoms with Crippen LogP contribution in [-0.2, 0) is 26.6 Å². The Hall–Kier alpha value is -2.06. The van der Waals surface area contributed by atoms with Gasteiger partial charge in [0.2, 0.25) is 5.91 Å². The number of carbonyl (C=O) groups excluding carboxylic acids is 1. The van der Waals surface area contributed by atoms with Gasteiger partial charge >= 0.3 is 5.97 Å². The van der Waals surface area contributed by atoms with Crippen molar-refractivity contribution in [1.29, 1.82) is 0 Å². The summed E-state index contributed by atoms with van der Waals surface area (Å²) in [6.07, 6.45) is 1.96. The first-order valence-corrected chi connectivity index (χ1v) is 8.40. The molecule has 0 aliphatic rings. The Morgan fingerprint density at radius 3 is 2.83 bits per heavy atom. The van der Waals surface area contributed by atoms with E-state index in [-0.39, 0.29) is 19.1 Å². The van der Waals surface area contributed by atoms with E-state index in [1.807, 2.05) is 35.1 Å². The standard InChI is InChI=1S/C15H19N3O4S/c1-22-8-11(15(20)21)17-14(19)7-18-12-6-4-3-5-10(12)16-13(18)9-23-2/h3-6,11H,7-9H2,1-2H3,(H,17,19)(H,20,21). The number of amides is 1. The molecule has 0 fully saturated rings. The van der Waals surface area contributed by atoms with Crippen molar-refractivity contribution < 1.29 is 19.4 Å². The smallest absolute Gasteiger partial charge is 0.328 e. The minimum Gasteiger partial charge on any atom is -0.480 e. The number of nitrogens with one attached hydrogen (secondary N) is 1. The maximum atomic E-state index is 12.2. The van der Waals surface area contributed by atoms with Crippen molar-refractivity contribution in [3.63, 3.8) is 0 Å². The number of rotatable bonds is 8. The number of fused-ring (bicyclic) bond motifs is 1. The van der Waals surface area contributed by atoms with Crippen molar-refractivity contribution in [1.82, 2.24) is 14.9 Å². The predicted molar refractivity (Wildman–Crippen MR) is 88.4 cm³/mol. The van der Waals surface area contributed by atoms with E-state index in [0.29, 0.717) is 5.75 Å². The SMILES string of the molecule is COCC(NC(=O)Cn1c(CSC)nc2ccccc21)C(=O)O. The summed E-state index contributed by atoms with van der Waals surface area (Å²) in [5, 5.41) is 11.5. The molecule has 7 nitrogen and oxygen atoms in total. The Balaban J connectivity index is 2.21. The van der Waals surface area contributed by atoms with E-state index in [4.69, 9.17) is 9.84 Å². The molecule has 1 heterocycles. The molecule has 0 bridgehead atoms. The molecule has 2 N–H and O–H groups in total. The van der Waals surface area contributed by atoms with Crippen LogP contribution < -0.4 is 5.32 Å². The molecule has 1 aromatic carbocycles. The zero-order chi connectivity index (χ0) is 16.8. The average Bonchev–Trinajstić information content (AvgIpc) is 2.85. The van der Waals surface area contributed by atoms with Gasteiger partial charge in [0.15, 0.2) is 6.04 Å². The third-order valence-corrected chi connectivity index (χ3v) is 3.82. The molecule has 1 atom stereocenters. The molecule has 0 saturated heterocycles. The van der Waals surface area contributed by atoms with Crippen LogP contribution in [0.25, 0.3) is 11.0 Å². The molecular formula is C15H19N3O4S. The van der Waals surface area contributed by atoms with Crippen molar-refractivity contribution in [3.8, 4) is 0 Å². The van der Waals surface area contributed by atoms with Gasteiger partial charge in [-0.2, -0.15) is 11.8 Å². The zero-order valence-corrected chi connectivity index (χ0v) is 13.8. The van der Waals surface area contributed by atoms with Crippen molar-refractivity contribution in [2.24, 2.45) is 0 Å². The Morgan fingerprint density at radius 2 is 2.17 bits per heavy atom. The third-order valence-electron chi connectivity index (χ3n) is 3.28. The second-order valence-electron chi connectivity index (χ2n) is 4.95. The highest BCUT2D eigenvalue weighted by Gasteiger charge is 2.21. The monoisotopic (exact) mass is 337 g/mol. The number of carboxylic acids is 1. The summed E-state index contributed by atoms with van der Waals surface area (Å²) in [5.41, 5.74) is 1.67. The number of imidazole rings is 1. The molecule has 0 spiro atoms. The van der Waals surface area contributed by atoms with Gasteiger partial charge in [0.1, 0.15) is 12.4 Å². The number of para-hydroxylation sites is 2. The fourth-order valence-electron chi connectivity index (χ4n) is 2.27. The highest BCUT2D eigenvalue weighted by molar-refractivity contribution is 7.97. The summed E-state index contributed by atoms with van der Waals surface area (Å²) in [7, 11) is 1.39. The van der Waals surface area contributed by atoms with Crippen LogP contribution in [-0.4, -0.2) is 52.5 Å². The van der Waals surface area contributed by atoms with Crippen LogP contribution in [0.4, 0.5) is 0 Å². The number of hydrogen-bond donors (Lipinski definition) is 2. The molecule has 8 heteroatoms. The lowest BCUT2D eigenvalue weighted by Gasteiger charge is -2.15. The maximum absolute atomic E-state index is 12.2. The van der Waals surface area contributed by atoms with E-state index in [1.54, 1.807) is 11.8 Å². The summed E-state index contributed by atoms with van der Waals surface area (Å²) in [6.45, 7) is -0.0622. The lowest BCUT2D eigenvalue weighted by atomic mass is 10.3. The lowest BCUT2D eigenvalue weighted by Crippen LogP contribution is -2.45. The van der Waals surface area contributed by atoms with Crippen molar-refractivity contribution in [2.75, 3.05) is 20.0 Å². The van der Waals surface area contributed by atoms with Crippen LogP contribution in [0, 0.1) is 0 Å². The summed E-state index contributed by atoms with van der Waals surface area (Å²) >= 11 is 1.61. The van der Waals surface area contributed by atoms with Gasteiger partial charge in [0, 0.05) is 7.11 Å². The Bertz CT molecular complexity index is 701. The first-order valence-electron chi connectivity index (χ1n) is 7.01. The number of ether oxygens (including phenoxy) is 1. The number of carbonyl (C=O) groups is 2. The Kier molecular flexibility index (Phi) is 6.00. The van der Waals surface area contributed by atoms with Crippen molar-refractivity contribution in [2.45, 2.75) is 18.3 Å². The number of carboxylic acid groups (broad SMARTS) is 1. The lowest BCUT2D eigenvalue weighted by molar-refractivity contribution is -0.143. The molecule has 1 amide bonds. The maximum Gasteiger partial charge on any atom is 0.328 e. The number of aliphatic carboxylic acids is 1. The van der Waals surface area contributed by atoms with Gasteiger partial charge in [-0.05, 0) is 18.4 Å². The molecule has 1 aromatic heterocycles. The van der Waals surface area contributed by atoms with E-state index in [0.717, 1.165) is 16.9 Å². The highest BCUT2D eigenvalue weighted by Crippen LogP contribution is 2.18. The largest absolute Gasteiger partial charge is 0.480 e. The first kappa shape index (κ1) is 17.3. The average molecular weight is 337 g/mol. The highest BCUT2D eigenvalue weighted by atomic mass is 32.2.